The second kappa shape index (κ2) is 7.61. The van der Waals surface area contributed by atoms with Gasteiger partial charge in [0.2, 0.25) is 0 Å². The standard InChI is InChI=1S/C22H23N3OS/c1-24-21(16-8-4-3-5-9-16)17-12-14-25(15-13-19(17)23-24)22(26)18-10-6-7-11-20(18)27-2/h3-11H,12-15H2,1-2H3. The summed E-state index contributed by atoms with van der Waals surface area (Å²) in [6.45, 7) is 1.43. The van der Waals surface area contributed by atoms with Crippen LogP contribution in [0.1, 0.15) is 21.6 Å². The van der Waals surface area contributed by atoms with E-state index in [4.69, 9.17) is 5.10 Å². The zero-order valence-electron chi connectivity index (χ0n) is 15.7. The van der Waals surface area contributed by atoms with Gasteiger partial charge in [-0.25, -0.2) is 0 Å². The molecule has 0 bridgehead atoms. The van der Waals surface area contributed by atoms with Crippen LogP contribution in [0.15, 0.2) is 59.5 Å². The summed E-state index contributed by atoms with van der Waals surface area (Å²) in [6.07, 6.45) is 3.64. The van der Waals surface area contributed by atoms with Gasteiger partial charge in [0.25, 0.3) is 5.91 Å². The van der Waals surface area contributed by atoms with E-state index >= 15 is 0 Å². The molecule has 4 rings (SSSR count). The fourth-order valence-corrected chi connectivity index (χ4v) is 4.43. The van der Waals surface area contributed by atoms with Crippen molar-refractivity contribution in [2.24, 2.45) is 7.05 Å². The van der Waals surface area contributed by atoms with E-state index in [1.165, 1.54) is 16.8 Å². The molecule has 0 spiro atoms. The number of hydrogen-bond acceptors (Lipinski definition) is 3. The smallest absolute Gasteiger partial charge is 0.255 e. The Morgan fingerprint density at radius 2 is 1.70 bits per heavy atom. The molecular weight excluding hydrogens is 354 g/mol. The van der Waals surface area contributed by atoms with Crippen molar-refractivity contribution in [3.8, 4) is 11.3 Å². The molecule has 3 aromatic rings. The van der Waals surface area contributed by atoms with Crippen molar-refractivity contribution < 1.29 is 4.79 Å². The van der Waals surface area contributed by atoms with Crippen molar-refractivity contribution in [3.63, 3.8) is 0 Å². The van der Waals surface area contributed by atoms with E-state index in [9.17, 15) is 4.79 Å². The van der Waals surface area contributed by atoms with Gasteiger partial charge in [0.1, 0.15) is 0 Å². The summed E-state index contributed by atoms with van der Waals surface area (Å²) in [5.41, 5.74) is 5.54. The molecule has 0 radical (unpaired) electrons. The number of rotatable bonds is 3. The van der Waals surface area contributed by atoms with E-state index in [1.54, 1.807) is 11.8 Å². The Labute approximate surface area is 164 Å². The molecule has 0 fully saturated rings. The third-order valence-corrected chi connectivity index (χ3v) is 5.95. The highest BCUT2D eigenvalue weighted by atomic mass is 32.2. The molecule has 138 valence electrons. The molecule has 2 aromatic carbocycles. The van der Waals surface area contributed by atoms with E-state index < -0.39 is 0 Å². The topological polar surface area (TPSA) is 38.1 Å². The number of aryl methyl sites for hydroxylation is 1. The molecule has 4 nitrogen and oxygen atoms in total. The number of benzene rings is 2. The minimum Gasteiger partial charge on any atom is -0.338 e. The molecule has 0 N–H and O–H groups in total. The van der Waals surface area contributed by atoms with Crippen molar-refractivity contribution in [3.05, 3.63) is 71.4 Å². The van der Waals surface area contributed by atoms with E-state index in [2.05, 4.69) is 24.3 Å². The second-order valence-corrected chi connectivity index (χ2v) is 7.60. The Bertz CT molecular complexity index is 965. The highest BCUT2D eigenvalue weighted by Crippen LogP contribution is 2.29. The molecule has 0 saturated carbocycles. The summed E-state index contributed by atoms with van der Waals surface area (Å²) in [5, 5.41) is 4.76. The Morgan fingerprint density at radius 1 is 1.00 bits per heavy atom. The molecule has 0 aliphatic carbocycles. The number of carbonyl (C=O) groups is 1. The first-order valence-corrected chi connectivity index (χ1v) is 10.4. The lowest BCUT2D eigenvalue weighted by atomic mass is 10.0. The van der Waals surface area contributed by atoms with Gasteiger partial charge in [-0.3, -0.25) is 9.48 Å². The maximum absolute atomic E-state index is 13.1. The van der Waals surface area contributed by atoms with Gasteiger partial charge in [0.15, 0.2) is 0 Å². The first-order chi connectivity index (χ1) is 13.2. The SMILES string of the molecule is CSc1ccccc1C(=O)N1CCc2nn(C)c(-c3ccccc3)c2CC1. The predicted octanol–water partition coefficient (Wildman–Crippen LogP) is 4.05. The summed E-state index contributed by atoms with van der Waals surface area (Å²) < 4.78 is 1.99. The van der Waals surface area contributed by atoms with Crippen LogP contribution in [0.2, 0.25) is 0 Å². The summed E-state index contributed by atoms with van der Waals surface area (Å²) in [5.74, 6) is 0.121. The first-order valence-electron chi connectivity index (χ1n) is 9.21. The van der Waals surface area contributed by atoms with Crippen molar-refractivity contribution in [1.82, 2.24) is 14.7 Å². The lowest BCUT2D eigenvalue weighted by Crippen LogP contribution is -2.33. The Morgan fingerprint density at radius 3 is 2.48 bits per heavy atom. The fraction of sp³-hybridized carbons (Fsp3) is 0.273. The van der Waals surface area contributed by atoms with E-state index in [1.807, 2.05) is 53.2 Å². The van der Waals surface area contributed by atoms with Crippen LogP contribution in [-0.4, -0.2) is 39.9 Å². The molecule has 1 amide bonds. The van der Waals surface area contributed by atoms with Gasteiger partial charge in [-0.15, -0.1) is 11.8 Å². The summed E-state index contributed by atoms with van der Waals surface area (Å²) in [7, 11) is 2.01. The Hall–Kier alpha value is -2.53. The number of nitrogens with zero attached hydrogens (tertiary/aromatic N) is 3. The Balaban J connectivity index is 1.61. The first kappa shape index (κ1) is 17.9. The van der Waals surface area contributed by atoms with Crippen LogP contribution in [0.5, 0.6) is 0 Å². The summed E-state index contributed by atoms with van der Waals surface area (Å²) in [4.78, 5) is 16.1. The minimum absolute atomic E-state index is 0.121. The maximum Gasteiger partial charge on any atom is 0.255 e. The van der Waals surface area contributed by atoms with Gasteiger partial charge in [0, 0.05) is 42.6 Å². The molecule has 1 aromatic heterocycles. The molecule has 27 heavy (non-hydrogen) atoms. The number of aromatic nitrogens is 2. The quantitative estimate of drug-likeness (QED) is 0.646. The van der Waals surface area contributed by atoms with E-state index in [0.29, 0.717) is 6.54 Å². The molecule has 1 aliphatic heterocycles. The maximum atomic E-state index is 13.1. The van der Waals surface area contributed by atoms with Gasteiger partial charge >= 0.3 is 0 Å². The number of amides is 1. The average Bonchev–Trinajstić information content (AvgIpc) is 2.89. The predicted molar refractivity (Wildman–Crippen MR) is 110 cm³/mol. The molecule has 1 aliphatic rings. The van der Waals surface area contributed by atoms with Gasteiger partial charge in [-0.1, -0.05) is 42.5 Å². The zero-order chi connectivity index (χ0) is 18.8. The van der Waals surface area contributed by atoms with E-state index in [-0.39, 0.29) is 5.91 Å². The van der Waals surface area contributed by atoms with Crippen LogP contribution in [0.3, 0.4) is 0 Å². The highest BCUT2D eigenvalue weighted by Gasteiger charge is 2.25. The molecule has 0 atom stereocenters. The molecular formula is C22H23N3OS. The largest absolute Gasteiger partial charge is 0.338 e. The van der Waals surface area contributed by atoms with Gasteiger partial charge in [-0.2, -0.15) is 5.10 Å². The van der Waals surface area contributed by atoms with Crippen LogP contribution in [0, 0.1) is 0 Å². The van der Waals surface area contributed by atoms with Crippen LogP contribution in [0.25, 0.3) is 11.3 Å². The van der Waals surface area contributed by atoms with Crippen LogP contribution in [-0.2, 0) is 19.9 Å². The zero-order valence-corrected chi connectivity index (χ0v) is 16.5. The molecule has 0 unspecified atom stereocenters. The normalized spacial score (nSPS) is 13.9. The number of carbonyl (C=O) groups excluding carboxylic acids is 1. The number of thioether (sulfide) groups is 1. The summed E-state index contributed by atoms with van der Waals surface area (Å²) >= 11 is 1.62. The molecule has 5 heteroatoms. The third kappa shape index (κ3) is 3.39. The van der Waals surface area contributed by atoms with Crippen LogP contribution >= 0.6 is 11.8 Å². The fourth-order valence-electron chi connectivity index (χ4n) is 3.84. The van der Waals surface area contributed by atoms with Crippen molar-refractivity contribution in [2.45, 2.75) is 17.7 Å². The van der Waals surface area contributed by atoms with Crippen LogP contribution in [0.4, 0.5) is 0 Å². The van der Waals surface area contributed by atoms with Gasteiger partial charge in [-0.05, 0) is 24.8 Å². The molecule has 2 heterocycles. The molecule has 0 saturated heterocycles. The second-order valence-electron chi connectivity index (χ2n) is 6.76. The van der Waals surface area contributed by atoms with E-state index in [0.717, 1.165) is 35.5 Å². The Kier molecular flexibility index (Phi) is 5.03. The van der Waals surface area contributed by atoms with Crippen molar-refractivity contribution in [1.29, 1.82) is 0 Å². The van der Waals surface area contributed by atoms with Gasteiger partial charge < -0.3 is 4.90 Å². The van der Waals surface area contributed by atoms with Crippen LogP contribution < -0.4 is 0 Å². The summed E-state index contributed by atoms with van der Waals surface area (Å²) in [6, 6.07) is 18.3. The minimum atomic E-state index is 0.121. The third-order valence-electron chi connectivity index (χ3n) is 5.15. The van der Waals surface area contributed by atoms with Crippen molar-refractivity contribution in [2.75, 3.05) is 19.3 Å². The highest BCUT2D eigenvalue weighted by molar-refractivity contribution is 7.98. The lowest BCUT2D eigenvalue weighted by molar-refractivity contribution is 0.0759. The monoisotopic (exact) mass is 377 g/mol. The lowest BCUT2D eigenvalue weighted by Gasteiger charge is -2.21. The van der Waals surface area contributed by atoms with Gasteiger partial charge in [0.05, 0.1) is 17.0 Å². The number of fused-ring (bicyclic) bond motifs is 1. The average molecular weight is 378 g/mol. The number of hydrogen-bond donors (Lipinski definition) is 0. The van der Waals surface area contributed by atoms with Crippen molar-refractivity contribution >= 4 is 17.7 Å².